The maximum Gasteiger partial charge on any atom is 0.123 e. The average molecular weight is 272 g/mol. The average Bonchev–Trinajstić information content (AvgIpc) is 3.05. The number of aromatic nitrogens is 2. The molecule has 0 aliphatic carbocycles. The molecule has 1 saturated heterocycles. The third kappa shape index (κ3) is 2.72. The van der Waals surface area contributed by atoms with Crippen LogP contribution in [0.1, 0.15) is 19.2 Å². The smallest absolute Gasteiger partial charge is 0.123 e. The summed E-state index contributed by atoms with van der Waals surface area (Å²) in [5.74, 6) is 1.92. The summed E-state index contributed by atoms with van der Waals surface area (Å²) in [7, 11) is 2.10. The molecule has 20 heavy (non-hydrogen) atoms. The number of hydrogen-bond acceptors (Lipinski definition) is 3. The highest BCUT2D eigenvalue weighted by atomic mass is 15.1. The molecule has 108 valence electrons. The van der Waals surface area contributed by atoms with Gasteiger partial charge in [0.1, 0.15) is 5.82 Å². The van der Waals surface area contributed by atoms with E-state index in [4.69, 9.17) is 4.98 Å². The quantitative estimate of drug-likeness (QED) is 0.904. The van der Waals surface area contributed by atoms with Gasteiger partial charge in [-0.2, -0.15) is 0 Å². The molecule has 1 aliphatic rings. The maximum absolute atomic E-state index is 4.70. The minimum Gasteiger partial charge on any atom is -0.330 e. The van der Waals surface area contributed by atoms with Crippen molar-refractivity contribution in [2.24, 2.45) is 13.0 Å². The van der Waals surface area contributed by atoms with Gasteiger partial charge >= 0.3 is 0 Å². The Morgan fingerprint density at radius 1 is 1.35 bits per heavy atom. The molecule has 0 radical (unpaired) electrons. The lowest BCUT2D eigenvalue weighted by Gasteiger charge is -2.13. The molecule has 0 saturated carbocycles. The molecule has 2 aromatic rings. The van der Waals surface area contributed by atoms with Crippen LogP contribution in [0, 0.1) is 5.92 Å². The number of para-hydroxylation sites is 2. The summed E-state index contributed by atoms with van der Waals surface area (Å²) in [6.07, 6.45) is 1.32. The number of hydrogen-bond donors (Lipinski definition) is 1. The van der Waals surface area contributed by atoms with Gasteiger partial charge in [0.05, 0.1) is 17.6 Å². The molecule has 4 nitrogen and oxygen atoms in total. The third-order valence-corrected chi connectivity index (χ3v) is 4.41. The van der Waals surface area contributed by atoms with E-state index in [1.54, 1.807) is 0 Å². The third-order valence-electron chi connectivity index (χ3n) is 4.41. The number of nitrogens with zero attached hydrogens (tertiary/aromatic N) is 3. The molecule has 3 rings (SSSR count). The topological polar surface area (TPSA) is 33.1 Å². The van der Waals surface area contributed by atoms with Crippen molar-refractivity contribution in [2.45, 2.75) is 19.9 Å². The van der Waals surface area contributed by atoms with Crippen LogP contribution in [0.15, 0.2) is 24.3 Å². The molecule has 1 aromatic heterocycles. The monoisotopic (exact) mass is 272 g/mol. The first-order chi connectivity index (χ1) is 9.78. The van der Waals surface area contributed by atoms with E-state index in [9.17, 15) is 0 Å². The minimum atomic E-state index is 0.796. The van der Waals surface area contributed by atoms with E-state index in [2.05, 4.69) is 47.0 Å². The van der Waals surface area contributed by atoms with Gasteiger partial charge in [-0.3, -0.25) is 0 Å². The molecule has 0 bridgehead atoms. The number of fused-ring (bicyclic) bond motifs is 1. The van der Waals surface area contributed by atoms with Crippen LogP contribution < -0.4 is 5.32 Å². The van der Waals surface area contributed by atoms with E-state index in [1.165, 1.54) is 31.6 Å². The fourth-order valence-corrected chi connectivity index (χ4v) is 3.11. The highest BCUT2D eigenvalue weighted by Gasteiger charge is 2.20. The van der Waals surface area contributed by atoms with E-state index >= 15 is 0 Å². The van der Waals surface area contributed by atoms with Crippen LogP contribution >= 0.6 is 0 Å². The molecule has 1 fully saturated rings. The normalized spacial score (nSPS) is 20.0. The fourth-order valence-electron chi connectivity index (χ4n) is 3.11. The molecule has 1 aromatic carbocycles. The van der Waals surface area contributed by atoms with Crippen molar-refractivity contribution in [2.75, 3.05) is 26.2 Å². The molecular formula is C16H24N4. The second-order valence-electron chi connectivity index (χ2n) is 5.75. The first kappa shape index (κ1) is 13.6. The van der Waals surface area contributed by atoms with Gasteiger partial charge in [-0.25, -0.2) is 4.98 Å². The Balaban J connectivity index is 1.56. The van der Waals surface area contributed by atoms with Crippen LogP contribution in [0.3, 0.4) is 0 Å². The fraction of sp³-hybridized carbons (Fsp3) is 0.562. The molecule has 1 atom stereocenters. The standard InChI is InChI=1S/C16H24N4/c1-3-20-9-8-13(12-20)10-17-11-16-18-14-6-4-5-7-15(14)19(16)2/h4-7,13,17H,3,8-12H2,1-2H3. The predicted octanol–water partition coefficient (Wildman–Crippen LogP) is 2.00. The lowest BCUT2D eigenvalue weighted by Crippen LogP contribution is -2.26. The Morgan fingerprint density at radius 3 is 2.95 bits per heavy atom. The summed E-state index contributed by atoms with van der Waals surface area (Å²) in [5.41, 5.74) is 2.30. The van der Waals surface area contributed by atoms with Crippen LogP contribution in [0.5, 0.6) is 0 Å². The maximum atomic E-state index is 4.70. The van der Waals surface area contributed by atoms with Crippen molar-refractivity contribution < 1.29 is 0 Å². The number of aryl methyl sites for hydroxylation is 1. The highest BCUT2D eigenvalue weighted by Crippen LogP contribution is 2.16. The van der Waals surface area contributed by atoms with Crippen molar-refractivity contribution in [1.82, 2.24) is 19.8 Å². The van der Waals surface area contributed by atoms with E-state index in [0.29, 0.717) is 0 Å². The zero-order valence-corrected chi connectivity index (χ0v) is 12.5. The summed E-state index contributed by atoms with van der Waals surface area (Å²) in [6.45, 7) is 7.88. The molecule has 0 amide bonds. The predicted molar refractivity (Wildman–Crippen MR) is 82.6 cm³/mol. The summed E-state index contributed by atoms with van der Waals surface area (Å²) in [4.78, 5) is 7.23. The molecule has 1 N–H and O–H groups in total. The first-order valence-corrected chi connectivity index (χ1v) is 7.61. The zero-order valence-electron chi connectivity index (χ0n) is 12.5. The van der Waals surface area contributed by atoms with Crippen LogP contribution in [0.25, 0.3) is 11.0 Å². The van der Waals surface area contributed by atoms with Crippen LogP contribution in [-0.4, -0.2) is 40.6 Å². The lowest BCUT2D eigenvalue weighted by atomic mass is 10.1. The summed E-state index contributed by atoms with van der Waals surface area (Å²) < 4.78 is 2.19. The minimum absolute atomic E-state index is 0.796. The van der Waals surface area contributed by atoms with Gasteiger partial charge in [-0.05, 0) is 44.1 Å². The second kappa shape index (κ2) is 5.94. The molecule has 0 spiro atoms. The SMILES string of the molecule is CCN1CCC(CNCc2nc3ccccc3n2C)C1. The van der Waals surface area contributed by atoms with Crippen molar-refractivity contribution >= 4 is 11.0 Å². The Labute approximate surface area is 120 Å². The zero-order chi connectivity index (χ0) is 13.9. The van der Waals surface area contributed by atoms with Gasteiger partial charge in [0.25, 0.3) is 0 Å². The molecular weight excluding hydrogens is 248 g/mol. The van der Waals surface area contributed by atoms with Crippen molar-refractivity contribution in [3.05, 3.63) is 30.1 Å². The van der Waals surface area contributed by atoms with Crippen molar-refractivity contribution in [3.8, 4) is 0 Å². The Kier molecular flexibility index (Phi) is 4.03. The molecule has 2 heterocycles. The van der Waals surface area contributed by atoms with Crippen molar-refractivity contribution in [3.63, 3.8) is 0 Å². The largest absolute Gasteiger partial charge is 0.330 e. The summed E-state index contributed by atoms with van der Waals surface area (Å²) in [6, 6.07) is 8.32. The Hall–Kier alpha value is -1.39. The highest BCUT2D eigenvalue weighted by molar-refractivity contribution is 5.75. The summed E-state index contributed by atoms with van der Waals surface area (Å²) in [5, 5.41) is 3.58. The molecule has 1 unspecified atom stereocenters. The summed E-state index contributed by atoms with van der Waals surface area (Å²) >= 11 is 0. The first-order valence-electron chi connectivity index (χ1n) is 7.61. The lowest BCUT2D eigenvalue weighted by molar-refractivity contribution is 0.338. The van der Waals surface area contributed by atoms with Crippen LogP contribution in [-0.2, 0) is 13.6 Å². The van der Waals surface area contributed by atoms with Gasteiger partial charge in [-0.1, -0.05) is 19.1 Å². The van der Waals surface area contributed by atoms with E-state index in [-0.39, 0.29) is 0 Å². The molecule has 4 heteroatoms. The van der Waals surface area contributed by atoms with Gasteiger partial charge in [0.2, 0.25) is 0 Å². The number of imidazole rings is 1. The van der Waals surface area contributed by atoms with Gasteiger partial charge in [0, 0.05) is 13.6 Å². The van der Waals surface area contributed by atoms with E-state index in [1.807, 2.05) is 6.07 Å². The second-order valence-corrected chi connectivity index (χ2v) is 5.75. The number of benzene rings is 1. The Morgan fingerprint density at radius 2 is 2.20 bits per heavy atom. The van der Waals surface area contributed by atoms with E-state index in [0.717, 1.165) is 30.3 Å². The number of likely N-dealkylation sites (tertiary alicyclic amines) is 1. The van der Waals surface area contributed by atoms with Gasteiger partial charge in [0.15, 0.2) is 0 Å². The number of rotatable bonds is 5. The van der Waals surface area contributed by atoms with Gasteiger partial charge in [-0.15, -0.1) is 0 Å². The van der Waals surface area contributed by atoms with Crippen LogP contribution in [0.2, 0.25) is 0 Å². The van der Waals surface area contributed by atoms with E-state index < -0.39 is 0 Å². The number of nitrogens with one attached hydrogen (secondary N) is 1. The van der Waals surface area contributed by atoms with Crippen molar-refractivity contribution in [1.29, 1.82) is 0 Å². The molecule has 1 aliphatic heterocycles. The Bertz CT molecular complexity index is 575. The van der Waals surface area contributed by atoms with Crippen LogP contribution in [0.4, 0.5) is 0 Å². The van der Waals surface area contributed by atoms with Gasteiger partial charge < -0.3 is 14.8 Å².